The van der Waals surface area contributed by atoms with Crippen molar-refractivity contribution in [2.45, 2.75) is 18.9 Å². The molecule has 1 amide bonds. The normalized spacial score (nSPS) is 17.6. The Morgan fingerprint density at radius 3 is 2.52 bits per heavy atom. The molecule has 2 rings (SSSR count). The van der Waals surface area contributed by atoms with Crippen molar-refractivity contribution in [3.8, 4) is 0 Å². The minimum atomic E-state index is -0.583. The second-order valence-electron chi connectivity index (χ2n) is 4.40. The van der Waals surface area contributed by atoms with Crippen LogP contribution in [0.2, 0.25) is 15.1 Å². The van der Waals surface area contributed by atoms with Crippen LogP contribution >= 0.6 is 34.8 Å². The van der Waals surface area contributed by atoms with Crippen LogP contribution in [0.25, 0.3) is 0 Å². The molecular weight excluding hydrogens is 341 g/mol. The smallest absolute Gasteiger partial charge is 0.335 e. The lowest BCUT2D eigenvalue weighted by Crippen LogP contribution is -2.27. The van der Waals surface area contributed by atoms with Crippen molar-refractivity contribution in [3.63, 3.8) is 0 Å². The van der Waals surface area contributed by atoms with E-state index in [1.54, 1.807) is 0 Å². The molecule has 0 bridgehead atoms. The van der Waals surface area contributed by atoms with Gasteiger partial charge in [-0.05, 0) is 25.0 Å². The second kappa shape index (κ2) is 7.31. The largest absolute Gasteiger partial charge is 0.454 e. The van der Waals surface area contributed by atoms with Gasteiger partial charge in [0.05, 0.1) is 15.7 Å². The van der Waals surface area contributed by atoms with Gasteiger partial charge in [-0.2, -0.15) is 0 Å². The predicted molar refractivity (Wildman–Crippen MR) is 80.0 cm³/mol. The number of carbonyl (C=O) groups excluding carboxylic acids is 2. The van der Waals surface area contributed by atoms with E-state index in [4.69, 9.17) is 44.3 Å². The topological polar surface area (TPSA) is 64.6 Å². The highest BCUT2D eigenvalue weighted by Gasteiger charge is 2.25. The molecule has 1 N–H and O–H groups in total. The van der Waals surface area contributed by atoms with E-state index in [2.05, 4.69) is 5.32 Å². The summed E-state index contributed by atoms with van der Waals surface area (Å²) in [4.78, 5) is 23.3. The summed E-state index contributed by atoms with van der Waals surface area (Å²) in [5, 5.41) is 3.23. The number of benzene rings is 1. The van der Waals surface area contributed by atoms with E-state index in [1.807, 2.05) is 0 Å². The Kier molecular flexibility index (Phi) is 5.70. The minimum Gasteiger partial charge on any atom is -0.454 e. The standard InChI is InChI=1S/C13H12Cl3NO4/c14-7-4-8(15)12(9(16)5-7)17-11(18)6-21-13(19)10-2-1-3-20-10/h4-5,10H,1-3,6H2,(H,17,18)/t10-/m1/s1. The molecule has 21 heavy (non-hydrogen) atoms. The fourth-order valence-corrected chi connectivity index (χ4v) is 2.74. The van der Waals surface area contributed by atoms with Gasteiger partial charge in [-0.25, -0.2) is 4.79 Å². The summed E-state index contributed by atoms with van der Waals surface area (Å²) < 4.78 is 10.0. The summed E-state index contributed by atoms with van der Waals surface area (Å²) >= 11 is 17.6. The number of amides is 1. The quantitative estimate of drug-likeness (QED) is 0.844. The van der Waals surface area contributed by atoms with Crippen LogP contribution in [0.5, 0.6) is 0 Å². The second-order valence-corrected chi connectivity index (χ2v) is 5.65. The lowest BCUT2D eigenvalue weighted by Gasteiger charge is -2.11. The monoisotopic (exact) mass is 351 g/mol. The molecule has 0 spiro atoms. The highest BCUT2D eigenvalue weighted by molar-refractivity contribution is 6.42. The van der Waals surface area contributed by atoms with Crippen LogP contribution < -0.4 is 5.32 Å². The van der Waals surface area contributed by atoms with Gasteiger partial charge in [0.15, 0.2) is 12.7 Å². The first-order valence-corrected chi connectivity index (χ1v) is 7.33. The average Bonchev–Trinajstić information content (AvgIpc) is 2.94. The number of hydrogen-bond donors (Lipinski definition) is 1. The van der Waals surface area contributed by atoms with E-state index in [0.29, 0.717) is 18.1 Å². The van der Waals surface area contributed by atoms with Crippen molar-refractivity contribution in [3.05, 3.63) is 27.2 Å². The van der Waals surface area contributed by atoms with E-state index < -0.39 is 24.6 Å². The van der Waals surface area contributed by atoms with Gasteiger partial charge >= 0.3 is 5.97 Å². The van der Waals surface area contributed by atoms with Gasteiger partial charge in [-0.15, -0.1) is 0 Å². The van der Waals surface area contributed by atoms with Crippen molar-refractivity contribution >= 4 is 52.4 Å². The molecule has 0 aliphatic carbocycles. The zero-order valence-corrected chi connectivity index (χ0v) is 13.1. The van der Waals surface area contributed by atoms with Crippen molar-refractivity contribution in [2.75, 3.05) is 18.5 Å². The molecule has 0 saturated carbocycles. The van der Waals surface area contributed by atoms with Gasteiger partial charge in [0.1, 0.15) is 0 Å². The van der Waals surface area contributed by atoms with Crippen LogP contribution in [0.3, 0.4) is 0 Å². The number of anilines is 1. The van der Waals surface area contributed by atoms with Gasteiger partial charge in [-0.1, -0.05) is 34.8 Å². The van der Waals surface area contributed by atoms with E-state index in [-0.39, 0.29) is 15.7 Å². The Labute approximate surface area is 136 Å². The number of esters is 1. The summed E-state index contributed by atoms with van der Waals surface area (Å²) in [7, 11) is 0. The van der Waals surface area contributed by atoms with Gasteiger partial charge in [0.25, 0.3) is 5.91 Å². The number of halogens is 3. The molecule has 114 valence electrons. The lowest BCUT2D eigenvalue weighted by molar-refractivity contribution is -0.156. The van der Waals surface area contributed by atoms with Crippen molar-refractivity contribution < 1.29 is 19.1 Å². The zero-order chi connectivity index (χ0) is 15.4. The average molecular weight is 353 g/mol. The van der Waals surface area contributed by atoms with Crippen molar-refractivity contribution in [1.82, 2.24) is 0 Å². The van der Waals surface area contributed by atoms with Crippen molar-refractivity contribution in [1.29, 1.82) is 0 Å². The predicted octanol–water partition coefficient (Wildman–Crippen LogP) is 3.31. The molecule has 1 aromatic carbocycles. The number of nitrogens with one attached hydrogen (secondary N) is 1. The number of carbonyl (C=O) groups is 2. The van der Waals surface area contributed by atoms with Crippen LogP contribution in [0, 0.1) is 0 Å². The van der Waals surface area contributed by atoms with E-state index >= 15 is 0 Å². The van der Waals surface area contributed by atoms with Crippen LogP contribution in [-0.2, 0) is 19.1 Å². The Morgan fingerprint density at radius 1 is 1.29 bits per heavy atom. The van der Waals surface area contributed by atoms with E-state index in [1.165, 1.54) is 12.1 Å². The van der Waals surface area contributed by atoms with Crippen LogP contribution in [0.15, 0.2) is 12.1 Å². The van der Waals surface area contributed by atoms with Gasteiger partial charge in [0, 0.05) is 11.6 Å². The summed E-state index contributed by atoms with van der Waals surface area (Å²) in [6.07, 6.45) is 0.831. The molecular formula is C13H12Cl3NO4. The lowest BCUT2D eigenvalue weighted by atomic mass is 10.2. The molecule has 0 radical (unpaired) electrons. The Bertz CT molecular complexity index is 535. The van der Waals surface area contributed by atoms with Crippen LogP contribution in [-0.4, -0.2) is 31.2 Å². The summed E-state index contributed by atoms with van der Waals surface area (Å²) in [6, 6.07) is 2.89. The summed E-state index contributed by atoms with van der Waals surface area (Å²) in [6.45, 7) is 0.0932. The molecule has 0 aromatic heterocycles. The summed E-state index contributed by atoms with van der Waals surface area (Å²) in [5.41, 5.74) is 0.223. The maximum atomic E-state index is 11.7. The van der Waals surface area contributed by atoms with Gasteiger partial charge in [0.2, 0.25) is 0 Å². The molecule has 1 atom stereocenters. The molecule has 1 fully saturated rings. The number of rotatable bonds is 4. The number of ether oxygens (including phenoxy) is 2. The maximum absolute atomic E-state index is 11.7. The molecule has 1 heterocycles. The first-order chi connectivity index (χ1) is 9.97. The SMILES string of the molecule is O=C(COC(=O)[C@H]1CCCO1)Nc1c(Cl)cc(Cl)cc1Cl. The molecule has 1 aliphatic rings. The Morgan fingerprint density at radius 2 is 1.95 bits per heavy atom. The molecule has 8 heteroatoms. The number of hydrogen-bond acceptors (Lipinski definition) is 4. The van der Waals surface area contributed by atoms with Gasteiger partial charge in [-0.3, -0.25) is 4.79 Å². The third kappa shape index (κ3) is 4.48. The van der Waals surface area contributed by atoms with Gasteiger partial charge < -0.3 is 14.8 Å². The maximum Gasteiger partial charge on any atom is 0.335 e. The first kappa shape index (κ1) is 16.4. The van der Waals surface area contributed by atoms with Crippen LogP contribution in [0.1, 0.15) is 12.8 Å². The molecule has 1 aliphatic heterocycles. The molecule has 0 unspecified atom stereocenters. The van der Waals surface area contributed by atoms with E-state index in [0.717, 1.165) is 6.42 Å². The summed E-state index contributed by atoms with van der Waals surface area (Å²) in [5.74, 6) is -1.09. The molecule has 1 aromatic rings. The Balaban J connectivity index is 1.88. The fourth-order valence-electron chi connectivity index (χ4n) is 1.83. The third-order valence-corrected chi connectivity index (χ3v) is 3.62. The highest BCUT2D eigenvalue weighted by atomic mass is 35.5. The molecule has 1 saturated heterocycles. The van der Waals surface area contributed by atoms with E-state index in [9.17, 15) is 9.59 Å². The Hall–Kier alpha value is -1.01. The third-order valence-electron chi connectivity index (χ3n) is 2.81. The molecule has 5 nitrogen and oxygen atoms in total. The fraction of sp³-hybridized carbons (Fsp3) is 0.385. The van der Waals surface area contributed by atoms with Crippen LogP contribution in [0.4, 0.5) is 5.69 Å². The minimum absolute atomic E-state index is 0.200. The highest BCUT2D eigenvalue weighted by Crippen LogP contribution is 2.33. The first-order valence-electron chi connectivity index (χ1n) is 6.20. The van der Waals surface area contributed by atoms with Crippen molar-refractivity contribution in [2.24, 2.45) is 0 Å². The zero-order valence-electron chi connectivity index (χ0n) is 10.8.